The SMILES string of the molecule is COc1cc(F)cc([C@@H](C)OC[C@H](O)CN2CCC[C@H]2Cc2ccc(C)c(F)c2)c1CCC(=O)O. The molecule has 0 aliphatic carbocycles. The molecule has 1 fully saturated rings. The van der Waals surface area contributed by atoms with Gasteiger partial charge in [-0.1, -0.05) is 12.1 Å². The van der Waals surface area contributed by atoms with E-state index in [4.69, 9.17) is 14.6 Å². The average molecular weight is 492 g/mol. The highest BCUT2D eigenvalue weighted by molar-refractivity contribution is 5.67. The zero-order valence-electron chi connectivity index (χ0n) is 20.6. The van der Waals surface area contributed by atoms with Crippen molar-refractivity contribution in [3.05, 3.63) is 64.2 Å². The summed E-state index contributed by atoms with van der Waals surface area (Å²) in [5, 5.41) is 19.7. The predicted molar refractivity (Wildman–Crippen MR) is 129 cm³/mol. The van der Waals surface area contributed by atoms with Crippen molar-refractivity contribution in [2.75, 3.05) is 26.8 Å². The molecule has 0 bridgehead atoms. The van der Waals surface area contributed by atoms with Gasteiger partial charge in [0.2, 0.25) is 0 Å². The minimum atomic E-state index is -0.958. The Bertz CT molecular complexity index is 1020. The van der Waals surface area contributed by atoms with E-state index in [0.29, 0.717) is 23.2 Å². The van der Waals surface area contributed by atoms with Crippen LogP contribution < -0.4 is 4.74 Å². The van der Waals surface area contributed by atoms with Crippen LogP contribution in [0.2, 0.25) is 0 Å². The van der Waals surface area contributed by atoms with Crippen LogP contribution in [0.5, 0.6) is 5.75 Å². The van der Waals surface area contributed by atoms with Crippen molar-refractivity contribution in [2.45, 2.75) is 64.2 Å². The van der Waals surface area contributed by atoms with Crippen LogP contribution in [0.1, 0.15) is 54.5 Å². The third kappa shape index (κ3) is 7.46. The van der Waals surface area contributed by atoms with E-state index in [1.807, 2.05) is 6.07 Å². The molecule has 35 heavy (non-hydrogen) atoms. The maximum absolute atomic E-state index is 14.2. The molecule has 0 radical (unpaired) electrons. The summed E-state index contributed by atoms with van der Waals surface area (Å²) in [5.41, 5.74) is 2.66. The number of aryl methyl sites for hydroxylation is 1. The lowest BCUT2D eigenvalue weighted by molar-refractivity contribution is -0.136. The lowest BCUT2D eigenvalue weighted by Gasteiger charge is -2.28. The molecule has 0 unspecified atom stereocenters. The maximum Gasteiger partial charge on any atom is 0.303 e. The number of likely N-dealkylation sites (tertiary alicyclic amines) is 1. The summed E-state index contributed by atoms with van der Waals surface area (Å²) in [6.45, 7) is 4.81. The Morgan fingerprint density at radius 2 is 2.03 bits per heavy atom. The number of nitrogens with zero attached hydrogens (tertiary/aromatic N) is 1. The van der Waals surface area contributed by atoms with E-state index >= 15 is 0 Å². The van der Waals surface area contributed by atoms with Gasteiger partial charge in [-0.2, -0.15) is 0 Å². The van der Waals surface area contributed by atoms with Crippen molar-refractivity contribution in [3.8, 4) is 5.75 Å². The summed E-state index contributed by atoms with van der Waals surface area (Å²) in [5.74, 6) is -1.38. The minimum absolute atomic E-state index is 0.0424. The van der Waals surface area contributed by atoms with Gasteiger partial charge in [-0.25, -0.2) is 8.78 Å². The number of aliphatic hydroxyl groups is 1. The smallest absolute Gasteiger partial charge is 0.303 e. The topological polar surface area (TPSA) is 79.2 Å². The first-order chi connectivity index (χ1) is 16.7. The molecule has 3 rings (SSSR count). The van der Waals surface area contributed by atoms with Crippen LogP contribution in [0.3, 0.4) is 0 Å². The third-order valence-electron chi connectivity index (χ3n) is 6.65. The van der Waals surface area contributed by atoms with E-state index in [0.717, 1.165) is 31.4 Å². The maximum atomic E-state index is 14.2. The second kappa shape index (κ2) is 12.4. The highest BCUT2D eigenvalue weighted by Crippen LogP contribution is 2.32. The molecule has 3 atom stereocenters. The molecule has 1 heterocycles. The van der Waals surface area contributed by atoms with Gasteiger partial charge in [0.25, 0.3) is 0 Å². The van der Waals surface area contributed by atoms with Crippen LogP contribution in [0.25, 0.3) is 0 Å². The fourth-order valence-electron chi connectivity index (χ4n) is 4.75. The van der Waals surface area contributed by atoms with Crippen molar-refractivity contribution in [3.63, 3.8) is 0 Å². The lowest BCUT2D eigenvalue weighted by atomic mass is 9.97. The van der Waals surface area contributed by atoms with Crippen LogP contribution in [0.4, 0.5) is 8.78 Å². The Labute approximate surface area is 205 Å². The summed E-state index contributed by atoms with van der Waals surface area (Å²) >= 11 is 0. The number of β-amino-alcohol motifs (C(OH)–C–C–N with tert-alkyl or cyclic N) is 1. The molecule has 1 aliphatic rings. The number of methoxy groups -OCH3 is 1. The summed E-state index contributed by atoms with van der Waals surface area (Å²) in [7, 11) is 1.41. The fourth-order valence-corrected chi connectivity index (χ4v) is 4.75. The second-order valence-corrected chi connectivity index (χ2v) is 9.28. The van der Waals surface area contributed by atoms with E-state index in [9.17, 15) is 18.7 Å². The van der Waals surface area contributed by atoms with E-state index in [2.05, 4.69) is 4.90 Å². The monoisotopic (exact) mass is 491 g/mol. The van der Waals surface area contributed by atoms with Crippen LogP contribution in [0, 0.1) is 18.6 Å². The van der Waals surface area contributed by atoms with Crippen molar-refractivity contribution in [1.82, 2.24) is 4.90 Å². The zero-order valence-corrected chi connectivity index (χ0v) is 20.6. The largest absolute Gasteiger partial charge is 0.496 e. The number of rotatable bonds is 12. The molecule has 1 saturated heterocycles. The number of carboxylic acids is 1. The number of hydrogen-bond acceptors (Lipinski definition) is 5. The van der Waals surface area contributed by atoms with Gasteiger partial charge in [0, 0.05) is 30.6 Å². The molecule has 192 valence electrons. The van der Waals surface area contributed by atoms with Crippen LogP contribution in [-0.2, 0) is 22.4 Å². The van der Waals surface area contributed by atoms with E-state index < -0.39 is 24.0 Å². The molecular formula is C27H35F2NO5. The van der Waals surface area contributed by atoms with Crippen LogP contribution in [0.15, 0.2) is 30.3 Å². The predicted octanol–water partition coefficient (Wildman–Crippen LogP) is 4.44. The number of carbonyl (C=O) groups is 1. The Hall–Kier alpha value is -2.55. The number of ether oxygens (including phenoxy) is 2. The van der Waals surface area contributed by atoms with Gasteiger partial charge in [0.1, 0.15) is 17.4 Å². The average Bonchev–Trinajstić information content (AvgIpc) is 3.24. The summed E-state index contributed by atoms with van der Waals surface area (Å²) in [6, 6.07) is 8.11. The van der Waals surface area contributed by atoms with Gasteiger partial charge >= 0.3 is 5.97 Å². The molecule has 0 spiro atoms. The Morgan fingerprint density at radius 1 is 1.26 bits per heavy atom. The molecular weight excluding hydrogens is 456 g/mol. The second-order valence-electron chi connectivity index (χ2n) is 9.28. The first kappa shape index (κ1) is 27.0. The molecule has 2 aromatic rings. The Kier molecular flexibility index (Phi) is 9.60. The van der Waals surface area contributed by atoms with Crippen LogP contribution >= 0.6 is 0 Å². The molecule has 0 amide bonds. The van der Waals surface area contributed by atoms with Gasteiger partial charge in [0.15, 0.2) is 0 Å². The van der Waals surface area contributed by atoms with E-state index in [1.54, 1.807) is 26.0 Å². The summed E-state index contributed by atoms with van der Waals surface area (Å²) in [6.07, 6.45) is 1.45. The quantitative estimate of drug-likeness (QED) is 0.457. The number of halogens is 2. The zero-order chi connectivity index (χ0) is 25.5. The van der Waals surface area contributed by atoms with Gasteiger partial charge in [-0.3, -0.25) is 9.69 Å². The van der Waals surface area contributed by atoms with Crippen molar-refractivity contribution < 1.29 is 33.3 Å². The molecule has 2 aromatic carbocycles. The van der Waals surface area contributed by atoms with Crippen molar-refractivity contribution in [1.29, 1.82) is 0 Å². The Balaban J connectivity index is 1.59. The van der Waals surface area contributed by atoms with E-state index in [1.165, 1.54) is 19.2 Å². The Morgan fingerprint density at radius 3 is 2.71 bits per heavy atom. The molecule has 0 saturated carbocycles. The highest BCUT2D eigenvalue weighted by Gasteiger charge is 2.27. The van der Waals surface area contributed by atoms with Gasteiger partial charge in [0.05, 0.1) is 25.9 Å². The molecule has 8 heteroatoms. The first-order valence-corrected chi connectivity index (χ1v) is 12.0. The standard InChI is InChI=1S/C27H35F2NO5/c1-17-6-7-19(12-25(17)29)11-21-5-4-10-30(21)15-22(31)16-35-18(2)24-13-20(28)14-26(34-3)23(24)8-9-27(32)33/h6-7,12-14,18,21-22,31H,4-5,8-11,15-16H2,1-3H3,(H,32,33)/t18-,21+,22-/m1/s1. The minimum Gasteiger partial charge on any atom is -0.496 e. The van der Waals surface area contributed by atoms with Gasteiger partial charge < -0.3 is 19.7 Å². The molecule has 0 aromatic heterocycles. The first-order valence-electron chi connectivity index (χ1n) is 12.0. The number of aliphatic hydroxyl groups excluding tert-OH is 1. The highest BCUT2D eigenvalue weighted by atomic mass is 19.1. The molecule has 6 nitrogen and oxygen atoms in total. The number of carboxylic acid groups (broad SMARTS) is 1. The van der Waals surface area contributed by atoms with Crippen molar-refractivity contribution >= 4 is 5.97 Å². The van der Waals surface area contributed by atoms with E-state index in [-0.39, 0.29) is 37.1 Å². The number of aliphatic carboxylic acids is 1. The van der Waals surface area contributed by atoms with Crippen molar-refractivity contribution in [2.24, 2.45) is 0 Å². The summed E-state index contributed by atoms with van der Waals surface area (Å²) < 4.78 is 39.3. The normalized spacial score (nSPS) is 17.9. The molecule has 2 N–H and O–H groups in total. The van der Waals surface area contributed by atoms with Gasteiger partial charge in [-0.15, -0.1) is 0 Å². The number of benzene rings is 2. The van der Waals surface area contributed by atoms with Gasteiger partial charge in [-0.05, 0) is 74.9 Å². The van der Waals surface area contributed by atoms with Crippen LogP contribution in [-0.4, -0.2) is 60.0 Å². The number of hydrogen-bond donors (Lipinski definition) is 2. The molecule has 1 aliphatic heterocycles. The summed E-state index contributed by atoms with van der Waals surface area (Å²) in [4.78, 5) is 13.3. The third-order valence-corrected chi connectivity index (χ3v) is 6.65. The lowest BCUT2D eigenvalue weighted by Crippen LogP contribution is -2.39. The fraction of sp³-hybridized carbons (Fsp3) is 0.519.